The number of hydrogen-bond acceptors (Lipinski definition) is 4. The summed E-state index contributed by atoms with van der Waals surface area (Å²) < 4.78 is 12.6. The average Bonchev–Trinajstić information content (AvgIpc) is 3.04. The third-order valence-electron chi connectivity index (χ3n) is 5.99. The molecular formula is C25H34BiCl2N2O2. The summed E-state index contributed by atoms with van der Waals surface area (Å²) in [6.07, 6.45) is 6.63. The molecule has 1 fully saturated rings. The maximum atomic E-state index is 6.89. The first-order valence-corrected chi connectivity index (χ1v) is 23.3. The van der Waals surface area contributed by atoms with E-state index in [1.807, 2.05) is 50.2 Å². The van der Waals surface area contributed by atoms with Gasteiger partial charge in [-0.1, -0.05) is 6.42 Å². The molecule has 175 valence electrons. The second-order valence-corrected chi connectivity index (χ2v) is 26.4. The van der Waals surface area contributed by atoms with Crippen LogP contribution >= 0.6 is 17.0 Å². The molecule has 4 nitrogen and oxygen atoms in total. The summed E-state index contributed by atoms with van der Waals surface area (Å²) in [4.78, 5) is 7.04. The third-order valence-corrected chi connectivity index (χ3v) is 21.0. The van der Waals surface area contributed by atoms with Crippen molar-refractivity contribution in [3.63, 3.8) is 0 Å². The van der Waals surface area contributed by atoms with Crippen molar-refractivity contribution in [2.75, 3.05) is 33.9 Å². The van der Waals surface area contributed by atoms with Gasteiger partial charge in [-0.15, -0.1) is 0 Å². The summed E-state index contributed by atoms with van der Waals surface area (Å²) >= 11 is -3.70. The molecule has 1 radical (unpaired) electrons. The number of hydrogen-bond donors (Lipinski definition) is 0. The molecule has 0 unspecified atom stereocenters. The first-order chi connectivity index (χ1) is 15.4. The van der Waals surface area contributed by atoms with E-state index in [0.29, 0.717) is 0 Å². The maximum absolute atomic E-state index is 6.89. The summed E-state index contributed by atoms with van der Waals surface area (Å²) in [5, 5.41) is 0. The van der Waals surface area contributed by atoms with E-state index in [9.17, 15) is 0 Å². The standard InChI is InChI=1S/C9H16N2.2C8H9O.Bi.2ClH/c1-2-5-9-10-6-4-8-11(9)7-3-1;2*1-7-4-3-5-8(6-7)9-2;;;/h1-8H2;2*3,5-6H,1-2H3;;2*1H/q;;;+2;;/p-2. The van der Waals surface area contributed by atoms with Crippen LogP contribution in [0.4, 0.5) is 0 Å². The van der Waals surface area contributed by atoms with E-state index in [1.165, 1.54) is 51.0 Å². The van der Waals surface area contributed by atoms with E-state index in [1.54, 1.807) is 14.2 Å². The van der Waals surface area contributed by atoms with Crippen molar-refractivity contribution >= 4 is 47.3 Å². The Morgan fingerprint density at radius 1 is 0.812 bits per heavy atom. The minimum atomic E-state index is -3.70. The molecule has 4 rings (SSSR count). The number of ether oxygens (including phenoxy) is 2. The van der Waals surface area contributed by atoms with Crippen LogP contribution in [0, 0.1) is 13.8 Å². The first-order valence-electron chi connectivity index (χ1n) is 11.2. The summed E-state index contributed by atoms with van der Waals surface area (Å²) in [5.74, 6) is 3.03. The van der Waals surface area contributed by atoms with Gasteiger partial charge in [0, 0.05) is 26.1 Å². The Kier molecular flexibility index (Phi) is 9.52. The van der Waals surface area contributed by atoms with E-state index in [-0.39, 0.29) is 0 Å². The molecule has 0 aliphatic carbocycles. The van der Waals surface area contributed by atoms with Gasteiger partial charge >= 0.3 is 138 Å². The Bertz CT molecular complexity index is 894. The second kappa shape index (κ2) is 11.9. The van der Waals surface area contributed by atoms with Crippen LogP contribution < -0.4 is 16.0 Å². The van der Waals surface area contributed by atoms with Crippen molar-refractivity contribution in [2.24, 2.45) is 4.99 Å². The van der Waals surface area contributed by atoms with Crippen molar-refractivity contribution in [3.8, 4) is 11.5 Å². The number of nitrogens with zero attached hydrogens (tertiary/aromatic N) is 2. The van der Waals surface area contributed by atoms with E-state index < -0.39 is 17.9 Å². The fraction of sp³-hybridized carbons (Fsp3) is 0.480. The van der Waals surface area contributed by atoms with Crippen LogP contribution in [-0.2, 0) is 0 Å². The second-order valence-electron chi connectivity index (χ2n) is 8.27. The van der Waals surface area contributed by atoms with Gasteiger partial charge in [0.2, 0.25) is 0 Å². The van der Waals surface area contributed by atoms with Gasteiger partial charge in [-0.25, -0.2) is 0 Å². The third kappa shape index (κ3) is 6.30. The van der Waals surface area contributed by atoms with E-state index >= 15 is 0 Å². The van der Waals surface area contributed by atoms with Crippen molar-refractivity contribution in [1.29, 1.82) is 0 Å². The number of halogens is 2. The number of amidine groups is 1. The molecule has 0 amide bonds. The predicted octanol–water partition coefficient (Wildman–Crippen LogP) is 5.02. The Labute approximate surface area is 204 Å². The molecule has 1 saturated heterocycles. The molecule has 2 aliphatic heterocycles. The van der Waals surface area contributed by atoms with Crippen LogP contribution in [0.2, 0.25) is 0 Å². The number of rotatable bonds is 4. The SMILES string of the molecule is C1CCC2=NCCCN2CC1.COc1cc[c]([Bi]([Cl])([Cl])[c]2ccc(OC)cc2C)c(C)c1. The summed E-state index contributed by atoms with van der Waals surface area (Å²) in [6.45, 7) is 7.65. The first kappa shape index (κ1) is 25.6. The molecule has 2 aromatic rings. The van der Waals surface area contributed by atoms with Crippen LogP contribution in [0.15, 0.2) is 41.4 Å². The summed E-state index contributed by atoms with van der Waals surface area (Å²) in [7, 11) is 17.1. The molecule has 2 heterocycles. The predicted molar refractivity (Wildman–Crippen MR) is 139 cm³/mol. The van der Waals surface area contributed by atoms with Crippen LogP contribution in [0.1, 0.15) is 43.2 Å². The van der Waals surface area contributed by atoms with Gasteiger partial charge in [0.05, 0.1) is 5.84 Å². The molecule has 0 saturated carbocycles. The van der Waals surface area contributed by atoms with Crippen LogP contribution in [0.5, 0.6) is 11.5 Å². The molecular weight excluding hydrogens is 640 g/mol. The van der Waals surface area contributed by atoms with Gasteiger partial charge in [0.1, 0.15) is 0 Å². The molecule has 0 aromatic heterocycles. The molecule has 0 spiro atoms. The van der Waals surface area contributed by atoms with Crippen LogP contribution in [0.3, 0.4) is 0 Å². The van der Waals surface area contributed by atoms with Gasteiger partial charge in [-0.3, -0.25) is 4.99 Å². The average molecular weight is 674 g/mol. The van der Waals surface area contributed by atoms with E-state index in [0.717, 1.165) is 35.7 Å². The van der Waals surface area contributed by atoms with Crippen molar-refractivity contribution in [1.82, 2.24) is 4.90 Å². The summed E-state index contributed by atoms with van der Waals surface area (Å²) in [6, 6.07) is 11.8. The molecule has 2 aromatic carbocycles. The van der Waals surface area contributed by atoms with Crippen molar-refractivity contribution < 1.29 is 9.47 Å². The van der Waals surface area contributed by atoms with E-state index in [4.69, 9.17) is 26.5 Å². The molecule has 2 aliphatic rings. The number of aryl methyl sites for hydroxylation is 2. The molecule has 32 heavy (non-hydrogen) atoms. The zero-order valence-electron chi connectivity index (χ0n) is 19.5. The topological polar surface area (TPSA) is 34.1 Å². The fourth-order valence-corrected chi connectivity index (χ4v) is 17.9. The zero-order chi connectivity index (χ0) is 23.1. The van der Waals surface area contributed by atoms with Crippen molar-refractivity contribution in [2.45, 2.75) is 46.0 Å². The van der Waals surface area contributed by atoms with Gasteiger partial charge in [0.25, 0.3) is 0 Å². The molecule has 0 N–H and O–H groups in total. The summed E-state index contributed by atoms with van der Waals surface area (Å²) in [5.41, 5.74) is 2.15. The quantitative estimate of drug-likeness (QED) is 0.428. The number of methoxy groups -OCH3 is 2. The molecule has 7 heteroatoms. The molecule has 0 bridgehead atoms. The Morgan fingerprint density at radius 3 is 1.91 bits per heavy atom. The van der Waals surface area contributed by atoms with Gasteiger partial charge in [-0.05, 0) is 19.3 Å². The number of aliphatic imine (C=N–C) groups is 1. The normalized spacial score (nSPS) is 16.2. The van der Waals surface area contributed by atoms with Crippen LogP contribution in [-0.4, -0.2) is 62.5 Å². The van der Waals surface area contributed by atoms with Crippen molar-refractivity contribution in [3.05, 3.63) is 47.5 Å². The van der Waals surface area contributed by atoms with Crippen LogP contribution in [0.25, 0.3) is 0 Å². The Balaban J connectivity index is 0.000000219. The zero-order valence-corrected chi connectivity index (χ0v) is 24.5. The Morgan fingerprint density at radius 2 is 1.38 bits per heavy atom. The van der Waals surface area contributed by atoms with Gasteiger partial charge in [-0.2, -0.15) is 0 Å². The van der Waals surface area contributed by atoms with Gasteiger partial charge < -0.3 is 4.90 Å². The van der Waals surface area contributed by atoms with E-state index in [2.05, 4.69) is 9.89 Å². The van der Waals surface area contributed by atoms with Gasteiger partial charge in [0.15, 0.2) is 0 Å². The Hall–Kier alpha value is -1.03. The number of fused-ring (bicyclic) bond motifs is 1. The fourth-order valence-electron chi connectivity index (χ4n) is 4.21. The minimum absolute atomic E-state index is 0.819. The monoisotopic (exact) mass is 673 g/mol. The molecule has 0 atom stereocenters. The number of benzene rings is 2.